The molecule has 1 aliphatic rings. The van der Waals surface area contributed by atoms with E-state index in [1.807, 2.05) is 0 Å². The van der Waals surface area contributed by atoms with Crippen LogP contribution in [-0.2, 0) is 23.4 Å². The predicted molar refractivity (Wildman–Crippen MR) is 81.7 cm³/mol. The highest BCUT2D eigenvalue weighted by atomic mass is 19.4. The van der Waals surface area contributed by atoms with Crippen LogP contribution in [0.5, 0.6) is 0 Å². The zero-order valence-corrected chi connectivity index (χ0v) is 13.7. The second-order valence-corrected chi connectivity index (χ2v) is 6.04. The average molecular weight is 408 g/mol. The molecule has 150 valence electrons. The third-order valence-electron chi connectivity index (χ3n) is 4.21. The highest BCUT2D eigenvalue weighted by Gasteiger charge is 2.55. The molecule has 3 rings (SSSR count). The van der Waals surface area contributed by atoms with Crippen molar-refractivity contribution in [1.29, 1.82) is 0 Å². The summed E-state index contributed by atoms with van der Waals surface area (Å²) in [6.45, 7) is -0.555. The molecule has 1 unspecified atom stereocenters. The minimum absolute atomic E-state index is 0.0183. The fraction of sp³-hybridized carbons (Fsp3) is 0.294. The largest absolute Gasteiger partial charge is 0.433 e. The van der Waals surface area contributed by atoms with Crippen molar-refractivity contribution >= 4 is 11.6 Å². The number of carbonyl (C=O) groups excluding carboxylic acids is 1. The summed E-state index contributed by atoms with van der Waals surface area (Å²) in [7, 11) is 0. The van der Waals surface area contributed by atoms with Gasteiger partial charge in [-0.05, 0) is 23.3 Å². The number of hydrogen-bond donors (Lipinski definition) is 1. The van der Waals surface area contributed by atoms with Crippen LogP contribution in [-0.4, -0.2) is 22.4 Å². The van der Waals surface area contributed by atoms with Gasteiger partial charge in [-0.1, -0.05) is 18.2 Å². The summed E-state index contributed by atoms with van der Waals surface area (Å²) in [6, 6.07) is 4.66. The molecule has 0 saturated carbocycles. The molecule has 28 heavy (non-hydrogen) atoms. The van der Waals surface area contributed by atoms with Gasteiger partial charge in [-0.15, -0.1) is 0 Å². The normalized spacial score (nSPS) is 17.2. The monoisotopic (exact) mass is 408 g/mol. The van der Waals surface area contributed by atoms with E-state index in [1.165, 1.54) is 0 Å². The van der Waals surface area contributed by atoms with E-state index in [-0.39, 0.29) is 5.56 Å². The van der Waals surface area contributed by atoms with Crippen molar-refractivity contribution in [2.75, 3.05) is 4.90 Å². The maximum atomic E-state index is 14.5. The molecule has 2 aromatic rings. The van der Waals surface area contributed by atoms with Gasteiger partial charge in [0.05, 0.1) is 17.8 Å². The first kappa shape index (κ1) is 20.1. The number of benzene rings is 1. The molecule has 0 fully saturated rings. The molecule has 0 spiro atoms. The zero-order chi connectivity index (χ0) is 20.9. The smallest absolute Gasteiger partial charge is 0.382 e. The number of pyridine rings is 1. The molecular formula is C17H11F7N2O2. The topological polar surface area (TPSA) is 53.4 Å². The van der Waals surface area contributed by atoms with Gasteiger partial charge in [0.15, 0.2) is 0 Å². The van der Waals surface area contributed by atoms with Crippen LogP contribution in [0.1, 0.15) is 28.5 Å². The molecule has 1 N–H and O–H groups in total. The van der Waals surface area contributed by atoms with Gasteiger partial charge in [0.1, 0.15) is 11.8 Å². The van der Waals surface area contributed by atoms with E-state index in [2.05, 4.69) is 4.98 Å². The Morgan fingerprint density at radius 2 is 1.82 bits per heavy atom. The van der Waals surface area contributed by atoms with Gasteiger partial charge in [0.25, 0.3) is 6.43 Å². The van der Waals surface area contributed by atoms with E-state index in [1.54, 1.807) is 0 Å². The number of hydrogen-bond acceptors (Lipinski definition) is 3. The van der Waals surface area contributed by atoms with Crippen LogP contribution in [0.15, 0.2) is 36.5 Å². The minimum atomic E-state index is -4.69. The first-order valence-corrected chi connectivity index (χ1v) is 7.76. The van der Waals surface area contributed by atoms with Crippen LogP contribution in [0.25, 0.3) is 0 Å². The van der Waals surface area contributed by atoms with Crippen molar-refractivity contribution in [3.8, 4) is 0 Å². The fourth-order valence-electron chi connectivity index (χ4n) is 2.92. The Hall–Kier alpha value is -2.69. The van der Waals surface area contributed by atoms with Crippen molar-refractivity contribution in [1.82, 2.24) is 4.98 Å². The first-order valence-electron chi connectivity index (χ1n) is 7.76. The zero-order valence-electron chi connectivity index (χ0n) is 13.7. The summed E-state index contributed by atoms with van der Waals surface area (Å²) in [5.74, 6) is -5.92. The lowest BCUT2D eigenvalue weighted by atomic mass is 9.98. The highest BCUT2D eigenvalue weighted by Crippen LogP contribution is 2.48. The number of fused-ring (bicyclic) bond motifs is 1. The lowest BCUT2D eigenvalue weighted by Gasteiger charge is -2.18. The van der Waals surface area contributed by atoms with Gasteiger partial charge in [-0.3, -0.25) is 9.78 Å². The van der Waals surface area contributed by atoms with Crippen molar-refractivity contribution in [2.24, 2.45) is 0 Å². The standard InChI is InChI=1S/C17H11F7N2O2/c18-14(19)13(27)9-2-1-3-10-12(9)16(20,21)15(28)26(10)7-8-4-5-11(25-6-8)17(22,23)24/h1-6,13-14,27H,7H2. The molecule has 1 aromatic heterocycles. The van der Waals surface area contributed by atoms with Crippen LogP contribution >= 0.6 is 0 Å². The molecule has 1 aliphatic heterocycles. The van der Waals surface area contributed by atoms with Crippen molar-refractivity contribution in [3.05, 3.63) is 58.9 Å². The van der Waals surface area contributed by atoms with Crippen LogP contribution in [0.3, 0.4) is 0 Å². The van der Waals surface area contributed by atoms with Crippen molar-refractivity contribution in [3.63, 3.8) is 0 Å². The fourth-order valence-corrected chi connectivity index (χ4v) is 2.92. The first-order chi connectivity index (χ1) is 12.9. The Labute approximate surface area is 153 Å². The summed E-state index contributed by atoms with van der Waals surface area (Å²) in [5.41, 5.74) is -3.43. The number of alkyl halides is 7. The Kier molecular flexibility index (Phi) is 4.82. The highest BCUT2D eigenvalue weighted by molar-refractivity contribution is 6.06. The molecule has 0 saturated heterocycles. The van der Waals surface area contributed by atoms with Gasteiger partial charge in [-0.25, -0.2) is 8.78 Å². The summed E-state index contributed by atoms with van der Waals surface area (Å²) in [5, 5.41) is 9.53. The maximum absolute atomic E-state index is 14.5. The molecule has 0 bridgehead atoms. The third kappa shape index (κ3) is 3.30. The Balaban J connectivity index is 1.99. The van der Waals surface area contributed by atoms with Gasteiger partial charge < -0.3 is 10.0 Å². The number of aliphatic hydroxyl groups is 1. The van der Waals surface area contributed by atoms with E-state index in [0.717, 1.165) is 30.5 Å². The molecule has 1 amide bonds. The van der Waals surface area contributed by atoms with Crippen LogP contribution in [0.4, 0.5) is 36.4 Å². The number of anilines is 1. The number of amides is 1. The van der Waals surface area contributed by atoms with E-state index in [4.69, 9.17) is 0 Å². The van der Waals surface area contributed by atoms with E-state index in [0.29, 0.717) is 11.0 Å². The number of carbonyl (C=O) groups is 1. The maximum Gasteiger partial charge on any atom is 0.433 e. The lowest BCUT2D eigenvalue weighted by molar-refractivity contribution is -0.142. The molecule has 1 atom stereocenters. The molecule has 1 aromatic carbocycles. The lowest BCUT2D eigenvalue weighted by Crippen LogP contribution is -2.34. The molecule has 2 heterocycles. The number of rotatable bonds is 4. The van der Waals surface area contributed by atoms with Gasteiger partial charge >= 0.3 is 18.0 Å². The number of aliphatic hydroxyl groups excluding tert-OH is 1. The summed E-state index contributed by atoms with van der Waals surface area (Å²) in [4.78, 5) is 15.9. The van der Waals surface area contributed by atoms with Crippen LogP contribution in [0.2, 0.25) is 0 Å². The quantitative estimate of drug-likeness (QED) is 0.778. The summed E-state index contributed by atoms with van der Waals surface area (Å²) in [6.07, 6.45) is -9.79. The van der Waals surface area contributed by atoms with Crippen molar-refractivity contribution in [2.45, 2.75) is 31.2 Å². The SMILES string of the molecule is O=C1N(Cc2ccc(C(F)(F)F)nc2)c2cccc(C(O)C(F)F)c2C1(F)F. The molecule has 0 aliphatic carbocycles. The summed E-state index contributed by atoms with van der Waals surface area (Å²) < 4.78 is 92.3. The number of halogens is 7. The molecule has 0 radical (unpaired) electrons. The Bertz CT molecular complexity index is 897. The predicted octanol–water partition coefficient (Wildman–Crippen LogP) is 4.04. The average Bonchev–Trinajstić information content (AvgIpc) is 2.81. The minimum Gasteiger partial charge on any atom is -0.382 e. The van der Waals surface area contributed by atoms with E-state index < -0.39 is 59.6 Å². The molecular weight excluding hydrogens is 397 g/mol. The molecule has 4 nitrogen and oxygen atoms in total. The van der Waals surface area contributed by atoms with E-state index >= 15 is 0 Å². The Morgan fingerprint density at radius 3 is 2.36 bits per heavy atom. The van der Waals surface area contributed by atoms with Gasteiger partial charge in [-0.2, -0.15) is 22.0 Å². The third-order valence-corrected chi connectivity index (χ3v) is 4.21. The van der Waals surface area contributed by atoms with Crippen LogP contribution in [0, 0.1) is 0 Å². The molecule has 11 heteroatoms. The van der Waals surface area contributed by atoms with Gasteiger partial charge in [0, 0.05) is 6.20 Å². The van der Waals surface area contributed by atoms with Crippen molar-refractivity contribution < 1.29 is 40.6 Å². The second-order valence-electron chi connectivity index (χ2n) is 6.04. The Morgan fingerprint density at radius 1 is 1.14 bits per heavy atom. The van der Waals surface area contributed by atoms with Gasteiger partial charge in [0.2, 0.25) is 0 Å². The van der Waals surface area contributed by atoms with E-state index in [9.17, 15) is 40.6 Å². The van der Waals surface area contributed by atoms with Crippen LogP contribution < -0.4 is 4.90 Å². The second kappa shape index (κ2) is 6.73. The number of nitrogens with zero attached hydrogens (tertiary/aromatic N) is 2. The summed E-state index contributed by atoms with van der Waals surface area (Å²) >= 11 is 0. The number of aromatic nitrogens is 1.